The number of rotatable bonds is 4. The maximum atomic E-state index is 12.5. The molecule has 1 N–H and O–H groups in total. The topological polar surface area (TPSA) is 96.8 Å². The van der Waals surface area contributed by atoms with Gasteiger partial charge in [-0.3, -0.25) is 4.79 Å². The van der Waals surface area contributed by atoms with Gasteiger partial charge in [0.2, 0.25) is 0 Å². The summed E-state index contributed by atoms with van der Waals surface area (Å²) in [5.41, 5.74) is 0.409. The van der Waals surface area contributed by atoms with Crippen molar-refractivity contribution < 1.29 is 17.9 Å². The Morgan fingerprint density at radius 1 is 1.35 bits per heavy atom. The summed E-state index contributed by atoms with van der Waals surface area (Å²) in [6, 6.07) is 0.178. The zero-order valence-corrected chi connectivity index (χ0v) is 15.9. The second kappa shape index (κ2) is 6.59. The number of carbonyl (C=O) groups is 1. The molecule has 1 aromatic rings. The van der Waals surface area contributed by atoms with Crippen molar-refractivity contribution >= 4 is 16.1 Å². The molecule has 1 saturated carbocycles. The van der Waals surface area contributed by atoms with E-state index >= 15 is 0 Å². The van der Waals surface area contributed by atoms with Crippen molar-refractivity contribution in [3.8, 4) is 0 Å². The molecule has 2 fully saturated rings. The van der Waals surface area contributed by atoms with Crippen LogP contribution in [0.15, 0.2) is 6.20 Å². The summed E-state index contributed by atoms with van der Waals surface area (Å²) >= 11 is 0. The highest BCUT2D eigenvalue weighted by molar-refractivity contribution is 7.86. The molecule has 0 spiro atoms. The van der Waals surface area contributed by atoms with Crippen molar-refractivity contribution in [2.24, 2.45) is 5.92 Å². The van der Waals surface area contributed by atoms with Gasteiger partial charge in [0.1, 0.15) is 11.5 Å². The van der Waals surface area contributed by atoms with Gasteiger partial charge in [-0.15, -0.1) is 0 Å². The third kappa shape index (κ3) is 3.04. The summed E-state index contributed by atoms with van der Waals surface area (Å²) in [5.74, 6) is 1.03. The highest BCUT2D eigenvalue weighted by atomic mass is 32.2. The van der Waals surface area contributed by atoms with Crippen LogP contribution in [0.2, 0.25) is 0 Å². The van der Waals surface area contributed by atoms with Gasteiger partial charge in [0.05, 0.1) is 6.10 Å². The minimum Gasteiger partial charge on any atom is -0.378 e. The van der Waals surface area contributed by atoms with Gasteiger partial charge in [-0.1, -0.05) is 0 Å². The van der Waals surface area contributed by atoms with Crippen molar-refractivity contribution in [3.63, 3.8) is 0 Å². The first-order chi connectivity index (χ1) is 12.4. The number of nitrogens with one attached hydrogen (secondary N) is 1. The molecule has 3 aliphatic rings. The molecule has 3 atom stereocenters. The van der Waals surface area contributed by atoms with Gasteiger partial charge in [0, 0.05) is 64.9 Å². The SMILES string of the molecule is CN(C)S(=O)(=O)N1CCc2nc(C(=O)N[C@@H]3C[C@H]4OCC[C@@H]34)cn2CC1. The zero-order chi connectivity index (χ0) is 18.5. The average Bonchev–Trinajstić information content (AvgIpc) is 3.10. The van der Waals surface area contributed by atoms with Crippen LogP contribution in [0.3, 0.4) is 0 Å². The van der Waals surface area contributed by atoms with Crippen molar-refractivity contribution in [2.45, 2.75) is 38.0 Å². The van der Waals surface area contributed by atoms with Crippen molar-refractivity contribution in [3.05, 3.63) is 17.7 Å². The lowest BCUT2D eigenvalue weighted by molar-refractivity contribution is 0.00802. The molecule has 0 bridgehead atoms. The molecule has 0 aromatic carbocycles. The maximum absolute atomic E-state index is 12.5. The Hall–Kier alpha value is -1.49. The molecule has 1 aromatic heterocycles. The fourth-order valence-electron chi connectivity index (χ4n) is 3.98. The van der Waals surface area contributed by atoms with E-state index in [1.807, 2.05) is 4.57 Å². The van der Waals surface area contributed by atoms with Gasteiger partial charge >= 0.3 is 0 Å². The van der Waals surface area contributed by atoms with Crippen LogP contribution in [0.1, 0.15) is 29.2 Å². The van der Waals surface area contributed by atoms with Crippen molar-refractivity contribution in [1.29, 1.82) is 0 Å². The molecule has 1 amide bonds. The molecule has 26 heavy (non-hydrogen) atoms. The molecule has 1 aliphatic carbocycles. The molecule has 0 unspecified atom stereocenters. The van der Waals surface area contributed by atoms with Crippen molar-refractivity contribution in [1.82, 2.24) is 23.5 Å². The van der Waals surface area contributed by atoms with E-state index in [9.17, 15) is 13.2 Å². The van der Waals surface area contributed by atoms with Gasteiger partial charge in [-0.05, 0) is 12.8 Å². The molecule has 1 saturated heterocycles. The number of amides is 1. The third-order valence-corrected chi connectivity index (χ3v) is 7.58. The number of nitrogens with zero attached hydrogens (tertiary/aromatic N) is 4. The van der Waals surface area contributed by atoms with E-state index in [0.29, 0.717) is 43.8 Å². The lowest BCUT2D eigenvalue weighted by Crippen LogP contribution is -2.53. The van der Waals surface area contributed by atoms with Gasteiger partial charge in [0.15, 0.2) is 0 Å². The van der Waals surface area contributed by atoms with Crippen LogP contribution >= 0.6 is 0 Å². The minimum atomic E-state index is -3.43. The molecular weight excluding hydrogens is 358 g/mol. The van der Waals surface area contributed by atoms with Crippen LogP contribution < -0.4 is 5.32 Å². The number of carbonyl (C=O) groups excluding carboxylic acids is 1. The predicted molar refractivity (Wildman–Crippen MR) is 93.8 cm³/mol. The lowest BCUT2D eigenvalue weighted by atomic mass is 9.76. The fourth-order valence-corrected chi connectivity index (χ4v) is 5.08. The summed E-state index contributed by atoms with van der Waals surface area (Å²) < 4.78 is 34.7. The third-order valence-electron chi connectivity index (χ3n) is 5.63. The van der Waals surface area contributed by atoms with E-state index in [1.165, 1.54) is 22.7 Å². The maximum Gasteiger partial charge on any atom is 0.281 e. The van der Waals surface area contributed by atoms with Gasteiger partial charge in [-0.25, -0.2) is 4.98 Å². The first kappa shape index (κ1) is 17.9. The normalized spacial score (nSPS) is 29.0. The van der Waals surface area contributed by atoms with E-state index in [-0.39, 0.29) is 11.9 Å². The second-order valence-electron chi connectivity index (χ2n) is 7.35. The molecule has 3 heterocycles. The largest absolute Gasteiger partial charge is 0.378 e. The van der Waals surface area contributed by atoms with Crippen LogP contribution in [0.4, 0.5) is 0 Å². The molecule has 10 heteroatoms. The lowest BCUT2D eigenvalue weighted by Gasteiger charge is -2.39. The molecule has 9 nitrogen and oxygen atoms in total. The first-order valence-corrected chi connectivity index (χ1v) is 10.4. The van der Waals surface area contributed by atoms with Crippen LogP contribution in [-0.4, -0.2) is 78.4 Å². The summed E-state index contributed by atoms with van der Waals surface area (Å²) in [6.45, 7) is 2.01. The Kier molecular flexibility index (Phi) is 4.54. The predicted octanol–water partition coefficient (Wildman–Crippen LogP) is -0.545. The highest BCUT2D eigenvalue weighted by Gasteiger charge is 2.46. The van der Waals surface area contributed by atoms with Gasteiger partial charge < -0.3 is 14.6 Å². The standard InChI is InChI=1S/C16H25N5O4S/c1-19(2)26(23,24)21-5-3-15-17-13(10-20(15)6-7-21)16(22)18-12-9-14-11(12)4-8-25-14/h10-12,14H,3-9H2,1-2H3,(H,18,22)/t11-,12+,14+/m0/s1. The number of aromatic nitrogens is 2. The molecule has 144 valence electrons. The Labute approximate surface area is 153 Å². The van der Waals surface area contributed by atoms with Crippen LogP contribution in [0.5, 0.6) is 0 Å². The fraction of sp³-hybridized carbons (Fsp3) is 0.750. The molecule has 2 aliphatic heterocycles. The van der Waals surface area contributed by atoms with Crippen LogP contribution in [0.25, 0.3) is 0 Å². The highest BCUT2D eigenvalue weighted by Crippen LogP contribution is 2.38. The summed E-state index contributed by atoms with van der Waals surface area (Å²) in [5, 5.41) is 3.07. The number of hydrogen-bond acceptors (Lipinski definition) is 5. The first-order valence-electron chi connectivity index (χ1n) is 9.02. The summed E-state index contributed by atoms with van der Waals surface area (Å²) in [6.07, 6.45) is 4.41. The van der Waals surface area contributed by atoms with Gasteiger partial charge in [-0.2, -0.15) is 17.0 Å². The monoisotopic (exact) mass is 383 g/mol. The van der Waals surface area contributed by atoms with E-state index in [0.717, 1.165) is 25.3 Å². The van der Waals surface area contributed by atoms with E-state index in [2.05, 4.69) is 10.3 Å². The molecule has 4 rings (SSSR count). The Morgan fingerprint density at radius 2 is 2.15 bits per heavy atom. The van der Waals surface area contributed by atoms with Crippen molar-refractivity contribution in [2.75, 3.05) is 33.8 Å². The molecule has 0 radical (unpaired) electrons. The number of imidazole rings is 1. The Bertz CT molecular complexity index is 780. The van der Waals surface area contributed by atoms with Crippen LogP contribution in [0, 0.1) is 5.92 Å². The van der Waals surface area contributed by atoms with E-state index < -0.39 is 10.2 Å². The summed E-state index contributed by atoms with van der Waals surface area (Å²) in [7, 11) is -0.372. The zero-order valence-electron chi connectivity index (χ0n) is 15.1. The number of fused-ring (bicyclic) bond motifs is 2. The minimum absolute atomic E-state index is 0.154. The quantitative estimate of drug-likeness (QED) is 0.753. The smallest absolute Gasteiger partial charge is 0.281 e. The second-order valence-corrected chi connectivity index (χ2v) is 9.49. The molecular formula is C16H25N5O4S. The Balaban J connectivity index is 1.40. The van der Waals surface area contributed by atoms with E-state index in [4.69, 9.17) is 4.74 Å². The van der Waals surface area contributed by atoms with Gasteiger partial charge in [0.25, 0.3) is 16.1 Å². The number of ether oxygens (including phenoxy) is 1. The van der Waals surface area contributed by atoms with E-state index in [1.54, 1.807) is 6.20 Å². The number of hydrogen-bond donors (Lipinski definition) is 1. The van der Waals surface area contributed by atoms with Crippen LogP contribution in [-0.2, 0) is 27.9 Å². The summed E-state index contributed by atoms with van der Waals surface area (Å²) in [4.78, 5) is 17.0. The average molecular weight is 383 g/mol. The Morgan fingerprint density at radius 3 is 2.88 bits per heavy atom.